The summed E-state index contributed by atoms with van der Waals surface area (Å²) in [6, 6.07) is 14.3. The Balaban J connectivity index is 1.99. The Kier molecular flexibility index (Phi) is 5.94. The van der Waals surface area contributed by atoms with E-state index in [1.807, 2.05) is 19.1 Å². The molecule has 2 N–H and O–H groups in total. The van der Waals surface area contributed by atoms with Crippen LogP contribution in [0, 0.1) is 11.3 Å². The summed E-state index contributed by atoms with van der Waals surface area (Å²) in [4.78, 5) is 0. The molecule has 2 aromatic rings. The first-order chi connectivity index (χ1) is 11.0. The third kappa shape index (κ3) is 4.93. The fraction of sp³-hybridized carbons (Fsp3) is 0.0625. The second kappa shape index (κ2) is 7.93. The predicted octanol–water partition coefficient (Wildman–Crippen LogP) is 4.58. The van der Waals surface area contributed by atoms with Crippen LogP contribution in [0.3, 0.4) is 0 Å². The van der Waals surface area contributed by atoms with Crippen molar-refractivity contribution < 1.29 is 0 Å². The smallest absolute Gasteiger partial charge is 0.191 e. The first kappa shape index (κ1) is 17.2. The Hall–Kier alpha value is -2.13. The highest BCUT2D eigenvalue weighted by molar-refractivity contribution is 7.80. The Morgan fingerprint density at radius 1 is 1.13 bits per heavy atom. The van der Waals surface area contributed by atoms with Crippen molar-refractivity contribution in [1.29, 1.82) is 5.26 Å². The number of thiocarbonyl (C=S) groups is 1. The quantitative estimate of drug-likeness (QED) is 0.476. The van der Waals surface area contributed by atoms with Crippen LogP contribution in [0.4, 0.5) is 5.69 Å². The minimum Gasteiger partial charge on any atom is -0.331 e. The lowest BCUT2D eigenvalue weighted by atomic mass is 10.1. The fourth-order valence-electron chi connectivity index (χ4n) is 1.72. The van der Waals surface area contributed by atoms with E-state index >= 15 is 0 Å². The van der Waals surface area contributed by atoms with E-state index in [0.29, 0.717) is 26.4 Å². The zero-order valence-corrected chi connectivity index (χ0v) is 14.4. The zero-order valence-electron chi connectivity index (χ0n) is 12.1. The highest BCUT2D eigenvalue weighted by Crippen LogP contribution is 2.24. The first-order valence-corrected chi connectivity index (χ1v) is 7.73. The van der Waals surface area contributed by atoms with Crippen LogP contribution in [0.1, 0.15) is 18.1 Å². The van der Waals surface area contributed by atoms with Crippen LogP contribution < -0.4 is 10.7 Å². The molecule has 0 unspecified atom stereocenters. The van der Waals surface area contributed by atoms with Crippen LogP contribution in [-0.2, 0) is 0 Å². The van der Waals surface area contributed by atoms with Gasteiger partial charge in [-0.3, -0.25) is 5.43 Å². The number of hydrazone groups is 1. The third-order valence-electron chi connectivity index (χ3n) is 2.93. The molecule has 0 saturated carbocycles. The Morgan fingerprint density at radius 3 is 2.43 bits per heavy atom. The van der Waals surface area contributed by atoms with Crippen LogP contribution in [0.15, 0.2) is 47.6 Å². The van der Waals surface area contributed by atoms with Gasteiger partial charge in [0.2, 0.25) is 0 Å². The molecule has 0 aliphatic rings. The fourth-order valence-corrected chi connectivity index (χ4v) is 2.18. The number of hydrogen-bond donors (Lipinski definition) is 2. The summed E-state index contributed by atoms with van der Waals surface area (Å²) in [6.45, 7) is 1.84. The molecule has 0 aliphatic carbocycles. The molecule has 0 bridgehead atoms. The highest BCUT2D eigenvalue weighted by atomic mass is 35.5. The molecule has 0 aliphatic heterocycles. The third-order valence-corrected chi connectivity index (χ3v) is 3.87. The molecule has 2 rings (SSSR count). The molecule has 0 amide bonds. The lowest BCUT2D eigenvalue weighted by Crippen LogP contribution is -2.24. The van der Waals surface area contributed by atoms with E-state index in [4.69, 9.17) is 40.7 Å². The average Bonchev–Trinajstić information content (AvgIpc) is 2.56. The molecular weight excluding hydrogens is 351 g/mol. The van der Waals surface area contributed by atoms with Crippen LogP contribution in [-0.4, -0.2) is 10.8 Å². The van der Waals surface area contributed by atoms with Gasteiger partial charge in [-0.05, 0) is 55.0 Å². The number of benzene rings is 2. The molecular formula is C16H12Cl2N4S. The molecule has 4 nitrogen and oxygen atoms in total. The number of rotatable bonds is 3. The molecule has 2 aromatic carbocycles. The van der Waals surface area contributed by atoms with Gasteiger partial charge in [0.05, 0.1) is 27.4 Å². The summed E-state index contributed by atoms with van der Waals surface area (Å²) in [5.74, 6) is 0. The number of halogens is 2. The molecule has 0 atom stereocenters. The average molecular weight is 363 g/mol. The normalized spacial score (nSPS) is 10.8. The minimum atomic E-state index is 0.330. The van der Waals surface area contributed by atoms with Crippen molar-refractivity contribution in [3.8, 4) is 6.07 Å². The molecule has 0 spiro atoms. The Morgan fingerprint density at radius 2 is 1.83 bits per heavy atom. The molecule has 0 heterocycles. The Labute approximate surface area is 149 Å². The van der Waals surface area contributed by atoms with Crippen molar-refractivity contribution in [3.05, 3.63) is 63.6 Å². The maximum Gasteiger partial charge on any atom is 0.191 e. The van der Waals surface area contributed by atoms with Gasteiger partial charge in [0.15, 0.2) is 5.11 Å². The van der Waals surface area contributed by atoms with Crippen molar-refractivity contribution >= 4 is 51.9 Å². The maximum atomic E-state index is 8.78. The number of nitriles is 1. The Bertz CT molecular complexity index is 795. The lowest BCUT2D eigenvalue weighted by Gasteiger charge is -2.09. The molecule has 0 aromatic heterocycles. The number of nitrogens with one attached hydrogen (secondary N) is 2. The van der Waals surface area contributed by atoms with Crippen molar-refractivity contribution in [2.24, 2.45) is 5.10 Å². The van der Waals surface area contributed by atoms with E-state index in [2.05, 4.69) is 21.9 Å². The van der Waals surface area contributed by atoms with Crippen LogP contribution in [0.25, 0.3) is 0 Å². The van der Waals surface area contributed by atoms with Gasteiger partial charge >= 0.3 is 0 Å². The van der Waals surface area contributed by atoms with Gasteiger partial charge in [0.1, 0.15) is 0 Å². The number of anilines is 1. The second-order valence-electron chi connectivity index (χ2n) is 4.58. The van der Waals surface area contributed by atoms with Crippen LogP contribution >= 0.6 is 35.4 Å². The number of nitrogens with zero attached hydrogens (tertiary/aromatic N) is 2. The van der Waals surface area contributed by atoms with Gasteiger partial charge < -0.3 is 5.32 Å². The standard InChI is InChI=1S/C16H12Cl2N4S/c1-10(12-4-2-11(9-19)3-5-12)21-22-16(23)20-13-6-7-14(17)15(18)8-13/h2-8H,1H3,(H2,20,22,23)/b21-10+. The summed E-state index contributed by atoms with van der Waals surface area (Å²) >= 11 is 17.0. The SMILES string of the molecule is C/C(=N\NC(=S)Nc1ccc(Cl)c(Cl)c1)c1ccc(C#N)cc1. The van der Waals surface area contributed by atoms with Gasteiger partial charge in [-0.1, -0.05) is 35.3 Å². The molecule has 0 saturated heterocycles. The van der Waals surface area contributed by atoms with Gasteiger partial charge in [-0.25, -0.2) is 0 Å². The van der Waals surface area contributed by atoms with E-state index in [1.54, 1.807) is 30.3 Å². The second-order valence-corrected chi connectivity index (χ2v) is 5.80. The molecule has 7 heteroatoms. The van der Waals surface area contributed by atoms with E-state index in [-0.39, 0.29) is 0 Å². The summed E-state index contributed by atoms with van der Waals surface area (Å²) in [5.41, 5.74) is 5.71. The van der Waals surface area contributed by atoms with Gasteiger partial charge in [-0.2, -0.15) is 10.4 Å². The lowest BCUT2D eigenvalue weighted by molar-refractivity contribution is 1.04. The van der Waals surface area contributed by atoms with Gasteiger partial charge in [-0.15, -0.1) is 0 Å². The van der Waals surface area contributed by atoms with E-state index in [1.165, 1.54) is 0 Å². The van der Waals surface area contributed by atoms with Crippen molar-refractivity contribution in [2.75, 3.05) is 5.32 Å². The molecule has 116 valence electrons. The zero-order chi connectivity index (χ0) is 16.8. The van der Waals surface area contributed by atoms with E-state index in [0.717, 1.165) is 11.3 Å². The maximum absolute atomic E-state index is 8.78. The molecule has 0 fully saturated rings. The molecule has 23 heavy (non-hydrogen) atoms. The number of hydrogen-bond acceptors (Lipinski definition) is 3. The molecule has 0 radical (unpaired) electrons. The van der Waals surface area contributed by atoms with Gasteiger partial charge in [0, 0.05) is 5.69 Å². The summed E-state index contributed by atoms with van der Waals surface area (Å²) < 4.78 is 0. The van der Waals surface area contributed by atoms with Crippen LogP contribution in [0.5, 0.6) is 0 Å². The van der Waals surface area contributed by atoms with Crippen molar-refractivity contribution in [3.63, 3.8) is 0 Å². The first-order valence-electron chi connectivity index (χ1n) is 6.56. The van der Waals surface area contributed by atoms with E-state index < -0.39 is 0 Å². The topological polar surface area (TPSA) is 60.2 Å². The largest absolute Gasteiger partial charge is 0.331 e. The summed E-state index contributed by atoms with van der Waals surface area (Å²) in [5, 5.41) is 17.2. The monoisotopic (exact) mass is 362 g/mol. The summed E-state index contributed by atoms with van der Waals surface area (Å²) in [6.07, 6.45) is 0. The summed E-state index contributed by atoms with van der Waals surface area (Å²) in [7, 11) is 0. The highest BCUT2D eigenvalue weighted by Gasteiger charge is 2.02. The van der Waals surface area contributed by atoms with Crippen LogP contribution in [0.2, 0.25) is 10.0 Å². The van der Waals surface area contributed by atoms with E-state index in [9.17, 15) is 0 Å². The van der Waals surface area contributed by atoms with Gasteiger partial charge in [0.25, 0.3) is 0 Å². The van der Waals surface area contributed by atoms with Crippen molar-refractivity contribution in [2.45, 2.75) is 6.92 Å². The predicted molar refractivity (Wildman–Crippen MR) is 99.2 cm³/mol. The minimum absolute atomic E-state index is 0.330. The van der Waals surface area contributed by atoms with Crippen molar-refractivity contribution in [1.82, 2.24) is 5.43 Å².